The van der Waals surface area contributed by atoms with Crippen molar-refractivity contribution >= 4 is 29.1 Å². The van der Waals surface area contributed by atoms with Crippen molar-refractivity contribution in [2.75, 3.05) is 23.3 Å². The number of carbonyl (C=O) groups excluding carboxylic acids is 3. The molecular formula is C18H27N3O3. The zero-order valence-corrected chi connectivity index (χ0v) is 14.7. The first kappa shape index (κ1) is 19.7. The number of rotatable bonds is 9. The minimum atomic E-state index is -0.147. The molecule has 0 radical (unpaired) electrons. The van der Waals surface area contributed by atoms with E-state index in [1.165, 1.54) is 13.8 Å². The second-order valence-electron chi connectivity index (χ2n) is 5.71. The van der Waals surface area contributed by atoms with Crippen LogP contribution in [-0.4, -0.2) is 30.8 Å². The third kappa shape index (κ3) is 7.26. The molecule has 1 aromatic rings. The monoisotopic (exact) mass is 333 g/mol. The van der Waals surface area contributed by atoms with E-state index in [-0.39, 0.29) is 24.1 Å². The fourth-order valence-corrected chi connectivity index (χ4v) is 2.30. The Balaban J connectivity index is 2.56. The molecule has 0 fully saturated rings. The van der Waals surface area contributed by atoms with E-state index in [1.807, 2.05) is 0 Å². The van der Waals surface area contributed by atoms with Gasteiger partial charge in [-0.05, 0) is 30.7 Å². The molecule has 0 bridgehead atoms. The van der Waals surface area contributed by atoms with Gasteiger partial charge in [-0.1, -0.05) is 19.8 Å². The minimum absolute atomic E-state index is 0.0489. The maximum Gasteiger partial charge on any atom is 0.223 e. The van der Waals surface area contributed by atoms with Crippen LogP contribution in [-0.2, 0) is 14.4 Å². The molecule has 0 aromatic heterocycles. The van der Waals surface area contributed by atoms with Crippen molar-refractivity contribution in [1.82, 2.24) is 5.32 Å². The van der Waals surface area contributed by atoms with Crippen LogP contribution in [0.15, 0.2) is 24.3 Å². The smallest absolute Gasteiger partial charge is 0.223 e. The molecule has 1 rings (SSSR count). The van der Waals surface area contributed by atoms with E-state index in [0.29, 0.717) is 24.5 Å². The van der Waals surface area contributed by atoms with Crippen molar-refractivity contribution in [3.63, 3.8) is 0 Å². The second kappa shape index (κ2) is 10.4. The van der Waals surface area contributed by atoms with Crippen LogP contribution < -0.4 is 15.5 Å². The lowest BCUT2D eigenvalue weighted by atomic mass is 10.2. The van der Waals surface area contributed by atoms with Gasteiger partial charge in [-0.2, -0.15) is 0 Å². The molecule has 0 heterocycles. The lowest BCUT2D eigenvalue weighted by Gasteiger charge is -2.21. The average molecular weight is 333 g/mol. The first-order valence-electron chi connectivity index (χ1n) is 8.36. The molecule has 3 amide bonds. The van der Waals surface area contributed by atoms with Gasteiger partial charge in [0.25, 0.3) is 0 Å². The Labute approximate surface area is 143 Å². The van der Waals surface area contributed by atoms with Gasteiger partial charge in [0.1, 0.15) is 0 Å². The number of carbonyl (C=O) groups is 3. The molecule has 1 aromatic carbocycles. The molecule has 24 heavy (non-hydrogen) atoms. The van der Waals surface area contributed by atoms with Gasteiger partial charge >= 0.3 is 0 Å². The largest absolute Gasteiger partial charge is 0.356 e. The summed E-state index contributed by atoms with van der Waals surface area (Å²) in [5, 5.41) is 5.55. The number of benzene rings is 1. The van der Waals surface area contributed by atoms with Crippen LogP contribution in [0.25, 0.3) is 0 Å². The maximum atomic E-state index is 11.8. The fraction of sp³-hybridized carbons (Fsp3) is 0.500. The number of anilines is 2. The highest BCUT2D eigenvalue weighted by atomic mass is 16.2. The normalized spacial score (nSPS) is 10.1. The van der Waals surface area contributed by atoms with Crippen molar-refractivity contribution in [2.24, 2.45) is 0 Å². The number of hydrogen-bond donors (Lipinski definition) is 2. The summed E-state index contributed by atoms with van der Waals surface area (Å²) >= 11 is 0. The van der Waals surface area contributed by atoms with E-state index >= 15 is 0 Å². The van der Waals surface area contributed by atoms with Gasteiger partial charge in [-0.25, -0.2) is 0 Å². The van der Waals surface area contributed by atoms with E-state index in [2.05, 4.69) is 17.6 Å². The predicted octanol–water partition coefficient (Wildman–Crippen LogP) is 2.69. The Morgan fingerprint density at radius 1 is 1.04 bits per heavy atom. The quantitative estimate of drug-likeness (QED) is 0.682. The average Bonchev–Trinajstić information content (AvgIpc) is 2.52. The van der Waals surface area contributed by atoms with Crippen molar-refractivity contribution in [3.8, 4) is 0 Å². The summed E-state index contributed by atoms with van der Waals surface area (Å²) in [6.07, 6.45) is 3.45. The van der Waals surface area contributed by atoms with Crippen molar-refractivity contribution in [3.05, 3.63) is 24.3 Å². The molecule has 132 valence electrons. The summed E-state index contributed by atoms with van der Waals surface area (Å²) in [6.45, 7) is 6.03. The van der Waals surface area contributed by atoms with E-state index < -0.39 is 0 Å². The number of hydrogen-bond acceptors (Lipinski definition) is 3. The van der Waals surface area contributed by atoms with Gasteiger partial charge < -0.3 is 15.5 Å². The van der Waals surface area contributed by atoms with E-state index in [0.717, 1.165) is 19.3 Å². The topological polar surface area (TPSA) is 78.5 Å². The molecule has 2 N–H and O–H groups in total. The van der Waals surface area contributed by atoms with Gasteiger partial charge in [0.2, 0.25) is 17.7 Å². The molecule has 0 saturated heterocycles. The minimum Gasteiger partial charge on any atom is -0.356 e. The Bertz CT molecular complexity index is 555. The Kier molecular flexibility index (Phi) is 8.54. The molecule has 6 nitrogen and oxygen atoms in total. The van der Waals surface area contributed by atoms with Crippen molar-refractivity contribution < 1.29 is 14.4 Å². The van der Waals surface area contributed by atoms with Crippen molar-refractivity contribution in [2.45, 2.75) is 46.5 Å². The van der Waals surface area contributed by atoms with Crippen LogP contribution in [0.5, 0.6) is 0 Å². The zero-order valence-electron chi connectivity index (χ0n) is 14.7. The zero-order chi connectivity index (χ0) is 17.9. The standard InChI is InChI=1S/C18H27N3O3/c1-4-5-6-12-19-18(24)11-13-21(15(3)23)17-9-7-16(8-10-17)20-14(2)22/h7-10H,4-6,11-13H2,1-3H3,(H,19,24)(H,20,22). The molecule has 0 aliphatic carbocycles. The first-order chi connectivity index (χ1) is 11.4. The third-order valence-electron chi connectivity index (χ3n) is 3.54. The molecule has 0 aliphatic rings. The van der Waals surface area contributed by atoms with Crippen LogP contribution in [0.3, 0.4) is 0 Å². The van der Waals surface area contributed by atoms with Crippen LogP contribution in [0, 0.1) is 0 Å². The number of unbranched alkanes of at least 4 members (excludes halogenated alkanes) is 2. The Hall–Kier alpha value is -2.37. The van der Waals surface area contributed by atoms with Crippen LogP contribution >= 0.6 is 0 Å². The molecule has 0 aliphatic heterocycles. The molecule has 0 unspecified atom stereocenters. The SMILES string of the molecule is CCCCCNC(=O)CCN(C(C)=O)c1ccc(NC(C)=O)cc1. The van der Waals surface area contributed by atoms with Crippen LogP contribution in [0.2, 0.25) is 0 Å². The molecule has 6 heteroatoms. The highest BCUT2D eigenvalue weighted by Gasteiger charge is 2.13. The van der Waals surface area contributed by atoms with Crippen molar-refractivity contribution in [1.29, 1.82) is 0 Å². The van der Waals surface area contributed by atoms with E-state index in [9.17, 15) is 14.4 Å². The highest BCUT2D eigenvalue weighted by Crippen LogP contribution is 2.18. The van der Waals surface area contributed by atoms with Gasteiger partial charge in [0, 0.05) is 44.7 Å². The summed E-state index contributed by atoms with van der Waals surface area (Å²) < 4.78 is 0. The third-order valence-corrected chi connectivity index (χ3v) is 3.54. The Morgan fingerprint density at radius 3 is 2.25 bits per heavy atom. The summed E-state index contributed by atoms with van der Waals surface area (Å²) in [5.74, 6) is -0.320. The fourth-order valence-electron chi connectivity index (χ4n) is 2.30. The van der Waals surface area contributed by atoms with Gasteiger partial charge in [0.05, 0.1) is 0 Å². The molecular weight excluding hydrogens is 306 g/mol. The van der Waals surface area contributed by atoms with Gasteiger partial charge in [-0.3, -0.25) is 14.4 Å². The van der Waals surface area contributed by atoms with E-state index in [1.54, 1.807) is 29.2 Å². The summed E-state index contributed by atoms with van der Waals surface area (Å²) in [6, 6.07) is 6.98. The summed E-state index contributed by atoms with van der Waals surface area (Å²) in [7, 11) is 0. The molecule has 0 atom stereocenters. The molecule has 0 saturated carbocycles. The van der Waals surface area contributed by atoms with Crippen LogP contribution in [0.4, 0.5) is 11.4 Å². The lowest BCUT2D eigenvalue weighted by Crippen LogP contribution is -2.34. The maximum absolute atomic E-state index is 11.8. The van der Waals surface area contributed by atoms with Gasteiger partial charge in [-0.15, -0.1) is 0 Å². The number of amides is 3. The van der Waals surface area contributed by atoms with Gasteiger partial charge in [0.15, 0.2) is 0 Å². The first-order valence-corrected chi connectivity index (χ1v) is 8.36. The summed E-state index contributed by atoms with van der Waals surface area (Å²) in [5.41, 5.74) is 1.37. The van der Waals surface area contributed by atoms with Crippen LogP contribution in [0.1, 0.15) is 46.5 Å². The Morgan fingerprint density at radius 2 is 1.71 bits per heavy atom. The predicted molar refractivity (Wildman–Crippen MR) is 95.9 cm³/mol. The molecule has 0 spiro atoms. The highest BCUT2D eigenvalue weighted by molar-refractivity contribution is 5.93. The summed E-state index contributed by atoms with van der Waals surface area (Å²) in [4.78, 5) is 36.3. The number of nitrogens with one attached hydrogen (secondary N) is 2. The second-order valence-corrected chi connectivity index (χ2v) is 5.71. The lowest BCUT2D eigenvalue weighted by molar-refractivity contribution is -0.121. The number of nitrogens with zero attached hydrogens (tertiary/aromatic N) is 1. The van der Waals surface area contributed by atoms with E-state index in [4.69, 9.17) is 0 Å².